The van der Waals surface area contributed by atoms with Crippen LogP contribution in [0.25, 0.3) is 0 Å². The van der Waals surface area contributed by atoms with Crippen LogP contribution in [0.5, 0.6) is 0 Å². The number of carbonyl (C=O) groups excluding carboxylic acids is 3. The maximum Gasteiger partial charge on any atom is 0.319 e. The van der Waals surface area contributed by atoms with Crippen molar-refractivity contribution in [3.05, 3.63) is 0 Å². The Morgan fingerprint density at radius 1 is 1.44 bits per heavy atom. The van der Waals surface area contributed by atoms with Crippen LogP contribution in [0.15, 0.2) is 0 Å². The van der Waals surface area contributed by atoms with Gasteiger partial charge in [-0.3, -0.25) is 14.4 Å². The SMILES string of the molecule is CCOC(=O)[C@@H]1SCC(=O)C[C@@H]1C(=O)OC. The summed E-state index contributed by atoms with van der Waals surface area (Å²) in [6, 6.07) is 0. The van der Waals surface area contributed by atoms with Gasteiger partial charge in [-0.05, 0) is 6.92 Å². The molecular formula is C10H14O5S. The monoisotopic (exact) mass is 246 g/mol. The van der Waals surface area contributed by atoms with Gasteiger partial charge >= 0.3 is 11.9 Å². The molecule has 0 bridgehead atoms. The fourth-order valence-electron chi connectivity index (χ4n) is 1.53. The van der Waals surface area contributed by atoms with Crippen LogP contribution >= 0.6 is 11.8 Å². The zero-order valence-electron chi connectivity index (χ0n) is 9.23. The number of ketones is 1. The lowest BCUT2D eigenvalue weighted by Crippen LogP contribution is -2.40. The van der Waals surface area contributed by atoms with Crippen LogP contribution in [-0.2, 0) is 23.9 Å². The number of Topliss-reactive ketones (excluding diaryl/α,β-unsaturated/α-hetero) is 1. The van der Waals surface area contributed by atoms with Gasteiger partial charge in [0, 0.05) is 6.42 Å². The van der Waals surface area contributed by atoms with Crippen molar-refractivity contribution >= 4 is 29.5 Å². The second kappa shape index (κ2) is 5.89. The van der Waals surface area contributed by atoms with E-state index in [0.29, 0.717) is 0 Å². The molecule has 2 atom stereocenters. The van der Waals surface area contributed by atoms with Gasteiger partial charge < -0.3 is 9.47 Å². The van der Waals surface area contributed by atoms with Gasteiger partial charge in [-0.15, -0.1) is 11.8 Å². The van der Waals surface area contributed by atoms with Gasteiger partial charge in [-0.1, -0.05) is 0 Å². The standard InChI is InChI=1S/C10H14O5S/c1-3-15-10(13)8-7(9(12)14-2)4-6(11)5-16-8/h7-8H,3-5H2,1-2H3/t7-,8+/m0/s1. The summed E-state index contributed by atoms with van der Waals surface area (Å²) in [5.74, 6) is -1.48. The van der Waals surface area contributed by atoms with Crippen molar-refractivity contribution in [2.24, 2.45) is 5.92 Å². The van der Waals surface area contributed by atoms with Gasteiger partial charge in [0.05, 0.1) is 25.4 Å². The van der Waals surface area contributed by atoms with Crippen molar-refractivity contribution in [2.45, 2.75) is 18.6 Å². The Morgan fingerprint density at radius 3 is 2.69 bits per heavy atom. The van der Waals surface area contributed by atoms with E-state index in [4.69, 9.17) is 4.74 Å². The molecule has 0 aromatic rings. The number of methoxy groups -OCH3 is 1. The summed E-state index contributed by atoms with van der Waals surface area (Å²) < 4.78 is 9.45. The first-order valence-corrected chi connectivity index (χ1v) is 6.02. The molecular weight excluding hydrogens is 232 g/mol. The van der Waals surface area contributed by atoms with E-state index in [1.807, 2.05) is 0 Å². The number of rotatable bonds is 3. The highest BCUT2D eigenvalue weighted by Crippen LogP contribution is 2.30. The third kappa shape index (κ3) is 2.98. The fourth-order valence-corrected chi connectivity index (χ4v) is 2.65. The molecule has 1 fully saturated rings. The lowest BCUT2D eigenvalue weighted by atomic mass is 9.98. The quantitative estimate of drug-likeness (QED) is 0.672. The van der Waals surface area contributed by atoms with Crippen LogP contribution in [0.4, 0.5) is 0 Å². The second-order valence-electron chi connectivity index (χ2n) is 3.36. The van der Waals surface area contributed by atoms with Gasteiger partial charge in [-0.25, -0.2) is 0 Å². The predicted octanol–water partition coefficient (Wildman–Crippen LogP) is 0.413. The average Bonchev–Trinajstić information content (AvgIpc) is 2.28. The summed E-state index contributed by atoms with van der Waals surface area (Å²) in [6.07, 6.45) is 0.0587. The molecule has 0 aromatic carbocycles. The summed E-state index contributed by atoms with van der Waals surface area (Å²) in [7, 11) is 1.24. The molecule has 0 aromatic heterocycles. The maximum absolute atomic E-state index is 11.6. The zero-order chi connectivity index (χ0) is 12.1. The van der Waals surface area contributed by atoms with Crippen molar-refractivity contribution < 1.29 is 23.9 Å². The predicted molar refractivity (Wildman–Crippen MR) is 58.0 cm³/mol. The molecule has 1 saturated heterocycles. The molecule has 0 spiro atoms. The van der Waals surface area contributed by atoms with E-state index in [0.717, 1.165) is 11.8 Å². The van der Waals surface area contributed by atoms with Crippen molar-refractivity contribution in [1.29, 1.82) is 0 Å². The summed E-state index contributed by atoms with van der Waals surface area (Å²) in [5, 5.41) is -0.620. The van der Waals surface area contributed by atoms with Gasteiger partial charge in [0.1, 0.15) is 11.0 Å². The summed E-state index contributed by atoms with van der Waals surface area (Å²) in [6.45, 7) is 1.96. The lowest BCUT2D eigenvalue weighted by molar-refractivity contribution is -0.153. The molecule has 0 saturated carbocycles. The Labute approximate surface area is 97.9 Å². The van der Waals surface area contributed by atoms with Crippen LogP contribution in [0.3, 0.4) is 0 Å². The molecule has 0 N–H and O–H groups in total. The maximum atomic E-state index is 11.6. The van der Waals surface area contributed by atoms with Gasteiger partial charge in [0.2, 0.25) is 0 Å². The molecule has 0 amide bonds. The summed E-state index contributed by atoms with van der Waals surface area (Å²) in [4.78, 5) is 34.2. The molecule has 1 heterocycles. The molecule has 90 valence electrons. The molecule has 0 unspecified atom stereocenters. The Hall–Kier alpha value is -1.04. The smallest absolute Gasteiger partial charge is 0.319 e. The van der Waals surface area contributed by atoms with Crippen molar-refractivity contribution in [2.75, 3.05) is 19.5 Å². The summed E-state index contributed by atoms with van der Waals surface area (Å²) >= 11 is 1.15. The fraction of sp³-hybridized carbons (Fsp3) is 0.700. The second-order valence-corrected chi connectivity index (χ2v) is 4.49. The highest BCUT2D eigenvalue weighted by atomic mass is 32.2. The Kier molecular flexibility index (Phi) is 4.79. The van der Waals surface area contributed by atoms with E-state index < -0.39 is 23.1 Å². The Balaban J connectivity index is 2.75. The van der Waals surface area contributed by atoms with Gasteiger partial charge in [-0.2, -0.15) is 0 Å². The minimum Gasteiger partial charge on any atom is -0.469 e. The van der Waals surface area contributed by atoms with Crippen molar-refractivity contribution in [3.8, 4) is 0 Å². The topological polar surface area (TPSA) is 69.7 Å². The van der Waals surface area contributed by atoms with E-state index in [1.165, 1.54) is 7.11 Å². The van der Waals surface area contributed by atoms with Crippen LogP contribution in [0.1, 0.15) is 13.3 Å². The lowest BCUT2D eigenvalue weighted by Gasteiger charge is -2.26. The Bertz CT molecular complexity index is 302. The summed E-state index contributed by atoms with van der Waals surface area (Å²) in [5.41, 5.74) is 0. The minimum absolute atomic E-state index is 0.0408. The van der Waals surface area contributed by atoms with E-state index >= 15 is 0 Å². The number of thioether (sulfide) groups is 1. The number of carbonyl (C=O) groups is 3. The third-order valence-corrected chi connectivity index (χ3v) is 3.63. The highest BCUT2D eigenvalue weighted by Gasteiger charge is 2.41. The van der Waals surface area contributed by atoms with Gasteiger partial charge in [0.15, 0.2) is 0 Å². The molecule has 6 heteroatoms. The minimum atomic E-state index is -0.713. The van der Waals surface area contributed by atoms with E-state index in [2.05, 4.69) is 4.74 Å². The molecule has 1 aliphatic heterocycles. The van der Waals surface area contributed by atoms with E-state index in [9.17, 15) is 14.4 Å². The number of ether oxygens (including phenoxy) is 2. The first kappa shape index (κ1) is 13.0. The van der Waals surface area contributed by atoms with Crippen molar-refractivity contribution in [1.82, 2.24) is 0 Å². The molecule has 16 heavy (non-hydrogen) atoms. The average molecular weight is 246 g/mol. The van der Waals surface area contributed by atoms with Crippen LogP contribution in [0.2, 0.25) is 0 Å². The number of esters is 2. The largest absolute Gasteiger partial charge is 0.469 e. The molecule has 5 nitrogen and oxygen atoms in total. The number of hydrogen-bond donors (Lipinski definition) is 0. The normalized spacial score (nSPS) is 25.0. The van der Waals surface area contributed by atoms with Gasteiger partial charge in [0.25, 0.3) is 0 Å². The third-order valence-electron chi connectivity index (χ3n) is 2.26. The van der Waals surface area contributed by atoms with Crippen molar-refractivity contribution in [3.63, 3.8) is 0 Å². The molecule has 1 aliphatic rings. The van der Waals surface area contributed by atoms with Crippen LogP contribution in [0, 0.1) is 5.92 Å². The highest BCUT2D eigenvalue weighted by molar-refractivity contribution is 8.01. The van der Waals surface area contributed by atoms with Crippen LogP contribution < -0.4 is 0 Å². The number of hydrogen-bond acceptors (Lipinski definition) is 6. The van der Waals surface area contributed by atoms with Crippen LogP contribution in [-0.4, -0.2) is 42.4 Å². The Morgan fingerprint density at radius 2 is 2.12 bits per heavy atom. The first-order chi connectivity index (χ1) is 7.60. The zero-order valence-corrected chi connectivity index (χ0v) is 10.0. The molecule has 1 rings (SSSR count). The first-order valence-electron chi connectivity index (χ1n) is 4.98. The van der Waals surface area contributed by atoms with E-state index in [1.54, 1.807) is 6.92 Å². The molecule has 0 radical (unpaired) electrons. The van der Waals surface area contributed by atoms with E-state index in [-0.39, 0.29) is 24.6 Å². The molecule has 0 aliphatic carbocycles.